The Hall–Kier alpha value is -3.81. The maximum absolute atomic E-state index is 12.7. The van der Waals surface area contributed by atoms with E-state index in [1.807, 2.05) is 55.5 Å². The van der Waals surface area contributed by atoms with E-state index in [1.165, 1.54) is 12.1 Å². The van der Waals surface area contributed by atoms with E-state index >= 15 is 0 Å². The number of nitrogens with zero attached hydrogens (tertiary/aromatic N) is 1. The normalized spacial score (nSPS) is 11.6. The van der Waals surface area contributed by atoms with E-state index in [9.17, 15) is 8.42 Å². The maximum atomic E-state index is 12.7. The third-order valence-electron chi connectivity index (χ3n) is 5.57. The lowest BCUT2D eigenvalue weighted by atomic mass is 10.0. The van der Waals surface area contributed by atoms with Gasteiger partial charge in [0.15, 0.2) is 0 Å². The number of halogens is 1. The third kappa shape index (κ3) is 4.23. The molecule has 0 saturated carbocycles. The summed E-state index contributed by atoms with van der Waals surface area (Å²) in [6.45, 7) is 2.03. The molecule has 0 aliphatic heterocycles. The van der Waals surface area contributed by atoms with Gasteiger partial charge in [-0.15, -0.1) is 0 Å². The van der Waals surface area contributed by atoms with Crippen molar-refractivity contribution in [1.29, 1.82) is 0 Å². The van der Waals surface area contributed by atoms with Crippen molar-refractivity contribution in [2.24, 2.45) is 0 Å². The number of benzene rings is 4. The van der Waals surface area contributed by atoms with Crippen molar-refractivity contribution in [2.75, 3.05) is 15.8 Å². The van der Waals surface area contributed by atoms with Crippen LogP contribution in [0.4, 0.5) is 22.7 Å². The van der Waals surface area contributed by atoms with Gasteiger partial charge in [0, 0.05) is 32.9 Å². The van der Waals surface area contributed by atoms with Crippen LogP contribution in [-0.2, 0) is 10.0 Å². The molecule has 0 radical (unpaired) electrons. The summed E-state index contributed by atoms with van der Waals surface area (Å²) < 4.78 is 27.9. The first-order chi connectivity index (χ1) is 16.3. The molecule has 170 valence electrons. The molecule has 0 fully saturated rings. The van der Waals surface area contributed by atoms with Crippen LogP contribution in [-0.4, -0.2) is 13.4 Å². The highest BCUT2D eigenvalue weighted by atomic mass is 35.5. The molecule has 5 aromatic rings. The summed E-state index contributed by atoms with van der Waals surface area (Å²) in [4.78, 5) is 4.97. The van der Waals surface area contributed by atoms with Crippen molar-refractivity contribution in [2.45, 2.75) is 11.8 Å². The number of nitrogens with two attached hydrogens (primary N) is 1. The number of anilines is 4. The number of nitrogens with one attached hydrogen (secondary N) is 2. The molecule has 0 aliphatic carbocycles. The number of para-hydroxylation sites is 1. The molecule has 0 saturated heterocycles. The summed E-state index contributed by atoms with van der Waals surface area (Å²) in [5.74, 6) is 0. The average molecular weight is 489 g/mol. The number of nitrogen functional groups attached to an aromatic ring is 1. The highest BCUT2D eigenvalue weighted by Gasteiger charge is 2.15. The second kappa shape index (κ2) is 8.52. The van der Waals surface area contributed by atoms with Crippen LogP contribution < -0.4 is 15.8 Å². The van der Waals surface area contributed by atoms with Gasteiger partial charge >= 0.3 is 0 Å². The van der Waals surface area contributed by atoms with E-state index in [4.69, 9.17) is 22.3 Å². The molecule has 6 nitrogen and oxygen atoms in total. The summed E-state index contributed by atoms with van der Waals surface area (Å²) in [5.41, 5.74) is 11.1. The number of fused-ring (bicyclic) bond motifs is 2. The van der Waals surface area contributed by atoms with Gasteiger partial charge in [0.2, 0.25) is 0 Å². The molecule has 1 heterocycles. The van der Waals surface area contributed by atoms with Crippen LogP contribution in [0.5, 0.6) is 0 Å². The zero-order valence-corrected chi connectivity index (χ0v) is 19.8. The monoisotopic (exact) mass is 488 g/mol. The number of sulfonamides is 1. The Morgan fingerprint density at radius 2 is 1.56 bits per heavy atom. The zero-order chi connectivity index (χ0) is 23.9. The van der Waals surface area contributed by atoms with E-state index in [0.29, 0.717) is 16.4 Å². The van der Waals surface area contributed by atoms with Gasteiger partial charge in [-0.1, -0.05) is 29.8 Å². The van der Waals surface area contributed by atoms with Gasteiger partial charge in [0.05, 0.1) is 21.6 Å². The lowest BCUT2D eigenvalue weighted by molar-refractivity contribution is 0.601. The van der Waals surface area contributed by atoms with Crippen LogP contribution >= 0.6 is 11.6 Å². The number of hydrogen-bond donors (Lipinski definition) is 3. The number of hydrogen-bond acceptors (Lipinski definition) is 5. The standard InChI is InChI=1S/C26H21ClN4O2S/c1-16-3-2-4-23-25(16)30-24-15-17(27)5-14-22(24)26(23)29-19-8-10-20(11-9-19)31-34(32,33)21-12-6-18(28)7-13-21/h2-15,31H,28H2,1H3,(H,29,30). The Morgan fingerprint density at radius 3 is 2.29 bits per heavy atom. The number of aryl methyl sites for hydroxylation is 1. The van der Waals surface area contributed by atoms with Crippen LogP contribution in [0.25, 0.3) is 21.8 Å². The molecular formula is C26H21ClN4O2S. The average Bonchev–Trinajstić information content (AvgIpc) is 2.81. The minimum absolute atomic E-state index is 0.146. The van der Waals surface area contributed by atoms with Crippen molar-refractivity contribution in [3.05, 3.63) is 95.5 Å². The fraction of sp³-hybridized carbons (Fsp3) is 0.0385. The van der Waals surface area contributed by atoms with Gasteiger partial charge in [-0.25, -0.2) is 13.4 Å². The molecule has 0 amide bonds. The van der Waals surface area contributed by atoms with Crippen molar-refractivity contribution in [3.63, 3.8) is 0 Å². The van der Waals surface area contributed by atoms with E-state index in [1.54, 1.807) is 24.3 Å². The van der Waals surface area contributed by atoms with Crippen LogP contribution in [0, 0.1) is 6.92 Å². The molecule has 4 aromatic carbocycles. The second-order valence-corrected chi connectivity index (χ2v) is 10.1. The van der Waals surface area contributed by atoms with Gasteiger partial charge in [-0.3, -0.25) is 4.72 Å². The third-order valence-corrected chi connectivity index (χ3v) is 7.20. The molecule has 0 atom stereocenters. The van der Waals surface area contributed by atoms with Gasteiger partial charge < -0.3 is 11.1 Å². The first-order valence-corrected chi connectivity index (χ1v) is 12.4. The van der Waals surface area contributed by atoms with Gasteiger partial charge in [-0.05, 0) is 79.2 Å². The summed E-state index contributed by atoms with van der Waals surface area (Å²) in [6, 6.07) is 24.8. The zero-order valence-electron chi connectivity index (χ0n) is 18.2. The van der Waals surface area contributed by atoms with Crippen molar-refractivity contribution >= 4 is 66.2 Å². The smallest absolute Gasteiger partial charge is 0.261 e. The second-order valence-electron chi connectivity index (χ2n) is 8.00. The minimum Gasteiger partial charge on any atom is -0.399 e. The molecule has 34 heavy (non-hydrogen) atoms. The molecule has 5 rings (SSSR count). The van der Waals surface area contributed by atoms with Crippen LogP contribution in [0.3, 0.4) is 0 Å². The highest BCUT2D eigenvalue weighted by Crippen LogP contribution is 2.35. The topological polar surface area (TPSA) is 97.1 Å². The molecule has 0 spiro atoms. The maximum Gasteiger partial charge on any atom is 0.261 e. The first kappa shape index (κ1) is 22.0. The van der Waals surface area contributed by atoms with Crippen LogP contribution in [0.1, 0.15) is 5.56 Å². The fourth-order valence-corrected chi connectivity index (χ4v) is 5.07. The van der Waals surface area contributed by atoms with Gasteiger partial charge in [0.1, 0.15) is 0 Å². The molecular weight excluding hydrogens is 468 g/mol. The van der Waals surface area contributed by atoms with Crippen molar-refractivity contribution in [3.8, 4) is 0 Å². The van der Waals surface area contributed by atoms with Gasteiger partial charge in [0.25, 0.3) is 10.0 Å². The lowest BCUT2D eigenvalue weighted by Gasteiger charge is -2.15. The van der Waals surface area contributed by atoms with Crippen molar-refractivity contribution < 1.29 is 8.42 Å². The molecule has 1 aromatic heterocycles. The predicted octanol–water partition coefficient (Wildman–Crippen LogP) is 6.48. The summed E-state index contributed by atoms with van der Waals surface area (Å²) in [6.07, 6.45) is 0. The number of pyridine rings is 1. The van der Waals surface area contributed by atoms with E-state index < -0.39 is 10.0 Å². The Balaban J connectivity index is 1.49. The molecule has 8 heteroatoms. The van der Waals surface area contributed by atoms with Crippen LogP contribution in [0.15, 0.2) is 89.8 Å². The lowest BCUT2D eigenvalue weighted by Crippen LogP contribution is -2.12. The fourth-order valence-electron chi connectivity index (χ4n) is 3.85. The molecule has 0 unspecified atom stereocenters. The minimum atomic E-state index is -3.72. The Bertz CT molecular complexity index is 1630. The molecule has 4 N–H and O–H groups in total. The predicted molar refractivity (Wildman–Crippen MR) is 140 cm³/mol. The number of aromatic nitrogens is 1. The van der Waals surface area contributed by atoms with E-state index in [0.717, 1.165) is 38.7 Å². The SMILES string of the molecule is Cc1cccc2c(Nc3ccc(NS(=O)(=O)c4ccc(N)cc4)cc3)c3ccc(Cl)cc3nc12. The highest BCUT2D eigenvalue weighted by molar-refractivity contribution is 7.92. The van der Waals surface area contributed by atoms with Crippen molar-refractivity contribution in [1.82, 2.24) is 4.98 Å². The Kier molecular flexibility index (Phi) is 5.51. The quantitative estimate of drug-likeness (QED) is 0.194. The largest absolute Gasteiger partial charge is 0.399 e. The summed E-state index contributed by atoms with van der Waals surface area (Å²) >= 11 is 6.22. The summed E-state index contributed by atoms with van der Waals surface area (Å²) in [7, 11) is -3.72. The first-order valence-electron chi connectivity index (χ1n) is 10.5. The summed E-state index contributed by atoms with van der Waals surface area (Å²) in [5, 5.41) is 6.04. The number of rotatable bonds is 5. The molecule has 0 bridgehead atoms. The van der Waals surface area contributed by atoms with Gasteiger partial charge in [-0.2, -0.15) is 0 Å². The Morgan fingerprint density at radius 1 is 0.853 bits per heavy atom. The van der Waals surface area contributed by atoms with E-state index in [-0.39, 0.29) is 4.90 Å². The van der Waals surface area contributed by atoms with E-state index in [2.05, 4.69) is 10.0 Å². The Labute approximate surface area is 202 Å². The molecule has 0 aliphatic rings. The van der Waals surface area contributed by atoms with Crippen LogP contribution in [0.2, 0.25) is 5.02 Å².